The Hall–Kier alpha value is -5.43. The monoisotopic (exact) mass is 911 g/mol. The van der Waals surface area contributed by atoms with Gasteiger partial charge in [0.2, 0.25) is 11.6 Å². The van der Waals surface area contributed by atoms with Crippen molar-refractivity contribution in [1.29, 1.82) is 0 Å². The number of aliphatic hydroxyl groups is 2. The Bertz CT molecular complexity index is 2030. The molecule has 1 aliphatic carbocycles. The van der Waals surface area contributed by atoms with Gasteiger partial charge in [-0.15, -0.1) is 0 Å². The molecule has 0 heterocycles. The first kappa shape index (κ1) is 44.3. The molecule has 0 unspecified atom stereocenters. The van der Waals surface area contributed by atoms with Gasteiger partial charge in [-0.2, -0.15) is 0 Å². The molecule has 15 nitrogen and oxygen atoms in total. The molecule has 302 valence electrons. The number of fused-ring (bicyclic) bond motifs is 2. The molecule has 1 amide bonds. The molecule has 4 aromatic carbocycles. The molecule has 57 heavy (non-hydrogen) atoms. The van der Waals surface area contributed by atoms with Crippen LogP contribution in [-0.4, -0.2) is 108 Å². The second kappa shape index (κ2) is 21.8. The molecule has 11 N–H and O–H groups in total. The van der Waals surface area contributed by atoms with Gasteiger partial charge in [0.05, 0.1) is 51.5 Å². The Morgan fingerprint density at radius 2 is 1.16 bits per heavy atom. The van der Waals surface area contributed by atoms with Crippen LogP contribution in [0.1, 0.15) is 43.0 Å². The minimum Gasteiger partial charge on any atom is -0.508 e. The third kappa shape index (κ3) is 11.8. The second-order valence-electron chi connectivity index (χ2n) is 12.2. The van der Waals surface area contributed by atoms with E-state index in [1.807, 2.05) is 0 Å². The number of carbonyl (C=O) groups excluding carboxylic acids is 3. The van der Waals surface area contributed by atoms with Crippen molar-refractivity contribution >= 4 is 72.9 Å². The number of methoxy groups -OCH3 is 1. The van der Waals surface area contributed by atoms with Crippen molar-refractivity contribution in [3.05, 3.63) is 115 Å². The predicted octanol–water partition coefficient (Wildman–Crippen LogP) is 4.26. The molecule has 0 fully saturated rings. The van der Waals surface area contributed by atoms with Gasteiger partial charge in [-0.05, 0) is 104 Å². The van der Waals surface area contributed by atoms with Crippen LogP contribution in [-0.2, 0) is 9.53 Å². The van der Waals surface area contributed by atoms with Crippen LogP contribution in [0.15, 0.2) is 81.6 Å². The van der Waals surface area contributed by atoms with E-state index in [0.29, 0.717) is 59.6 Å². The third-order valence-electron chi connectivity index (χ3n) is 8.25. The summed E-state index contributed by atoms with van der Waals surface area (Å²) in [7, 11) is 1.41. The molecule has 0 bridgehead atoms. The molecule has 0 aliphatic heterocycles. The normalized spacial score (nSPS) is 12.1. The lowest BCUT2D eigenvalue weighted by atomic mass is 9.81. The molecular formula is C40H43Br2N5O10. The van der Waals surface area contributed by atoms with Gasteiger partial charge in [-0.1, -0.05) is 12.1 Å². The van der Waals surface area contributed by atoms with Crippen LogP contribution >= 0.6 is 31.9 Å². The number of aromatic hydroxyl groups is 4. The van der Waals surface area contributed by atoms with Crippen LogP contribution in [0.2, 0.25) is 0 Å². The van der Waals surface area contributed by atoms with Gasteiger partial charge >= 0.3 is 0 Å². The molecule has 0 aromatic heterocycles. The van der Waals surface area contributed by atoms with Crippen LogP contribution in [0.25, 0.3) is 12.2 Å². The summed E-state index contributed by atoms with van der Waals surface area (Å²) in [5.41, 5.74) is 2.18. The maximum absolute atomic E-state index is 13.4. The number of amides is 1. The summed E-state index contributed by atoms with van der Waals surface area (Å²) in [5.74, 6) is -1.89. The Kier molecular flexibility index (Phi) is 16.9. The number of hydrogen-bond donors (Lipinski definition) is 11. The van der Waals surface area contributed by atoms with Crippen LogP contribution in [0, 0.1) is 0 Å². The topological polar surface area (TPSA) is 242 Å². The molecule has 0 saturated carbocycles. The molecule has 4 aromatic rings. The number of nitrogens with one attached hydrogen (secondary N) is 5. The first-order chi connectivity index (χ1) is 27.4. The summed E-state index contributed by atoms with van der Waals surface area (Å²) in [4.78, 5) is 38.9. The molecule has 17 heteroatoms. The number of benzene rings is 4. The van der Waals surface area contributed by atoms with Gasteiger partial charge in [0.25, 0.3) is 5.91 Å². The SMILES string of the molecule is CO/C(=C\c1ccc(O)cc1)C(=O)N/C=C/c1cc(Br)c(O)c(Br)c1.O=C1c2c(O)ccc(O)c2C(=O)c2c(NCCNCCO)ccc(NCCNCCO)c21. The van der Waals surface area contributed by atoms with E-state index in [0.717, 1.165) is 11.1 Å². The fourth-order valence-electron chi connectivity index (χ4n) is 5.54. The Balaban J connectivity index is 0.000000261. The Morgan fingerprint density at radius 1 is 0.667 bits per heavy atom. The van der Waals surface area contributed by atoms with E-state index in [1.54, 1.807) is 48.6 Å². The van der Waals surface area contributed by atoms with Crippen molar-refractivity contribution in [2.75, 3.05) is 70.2 Å². The van der Waals surface area contributed by atoms with Crippen molar-refractivity contribution in [1.82, 2.24) is 16.0 Å². The van der Waals surface area contributed by atoms with Crippen LogP contribution in [0.3, 0.4) is 0 Å². The van der Waals surface area contributed by atoms with Crippen molar-refractivity contribution in [3.8, 4) is 23.0 Å². The lowest BCUT2D eigenvalue weighted by Gasteiger charge is -2.25. The van der Waals surface area contributed by atoms with E-state index in [-0.39, 0.29) is 64.2 Å². The highest BCUT2D eigenvalue weighted by Crippen LogP contribution is 2.42. The lowest BCUT2D eigenvalue weighted by Crippen LogP contribution is -2.28. The van der Waals surface area contributed by atoms with Gasteiger partial charge in [-0.25, -0.2) is 0 Å². The summed E-state index contributed by atoms with van der Waals surface area (Å²) in [6.45, 7) is 2.81. The first-order valence-electron chi connectivity index (χ1n) is 17.5. The van der Waals surface area contributed by atoms with E-state index in [1.165, 1.54) is 37.6 Å². The van der Waals surface area contributed by atoms with Crippen molar-refractivity contribution in [2.24, 2.45) is 0 Å². The number of aliphatic hydroxyl groups excluding tert-OH is 2. The van der Waals surface area contributed by atoms with E-state index in [2.05, 4.69) is 58.4 Å². The minimum absolute atomic E-state index is 0.00939. The van der Waals surface area contributed by atoms with Gasteiger partial charge in [-0.3, -0.25) is 14.4 Å². The van der Waals surface area contributed by atoms with Crippen LogP contribution in [0.5, 0.6) is 23.0 Å². The van der Waals surface area contributed by atoms with Gasteiger partial charge in [0.15, 0.2) is 5.76 Å². The molecule has 0 saturated heterocycles. The summed E-state index contributed by atoms with van der Waals surface area (Å²) in [6, 6.07) is 15.6. The maximum Gasteiger partial charge on any atom is 0.290 e. The number of halogens is 2. The summed E-state index contributed by atoms with van der Waals surface area (Å²) in [5, 5.41) is 72.1. The number of rotatable bonds is 17. The zero-order chi connectivity index (χ0) is 41.5. The van der Waals surface area contributed by atoms with Crippen LogP contribution in [0.4, 0.5) is 11.4 Å². The van der Waals surface area contributed by atoms with Gasteiger partial charge < -0.3 is 62.0 Å². The molecule has 0 atom stereocenters. The Morgan fingerprint density at radius 3 is 1.61 bits per heavy atom. The minimum atomic E-state index is -0.559. The zero-order valence-electron chi connectivity index (χ0n) is 30.7. The molecular weight excluding hydrogens is 870 g/mol. The largest absolute Gasteiger partial charge is 0.508 e. The Labute approximate surface area is 345 Å². The average Bonchev–Trinajstić information content (AvgIpc) is 3.19. The number of carbonyl (C=O) groups is 3. The molecule has 5 rings (SSSR count). The van der Waals surface area contributed by atoms with E-state index in [9.17, 15) is 34.8 Å². The van der Waals surface area contributed by atoms with E-state index < -0.39 is 17.5 Å². The number of ketones is 2. The summed E-state index contributed by atoms with van der Waals surface area (Å²) < 4.78 is 6.19. The third-order valence-corrected chi connectivity index (χ3v) is 9.46. The van der Waals surface area contributed by atoms with Crippen molar-refractivity contribution in [2.45, 2.75) is 0 Å². The van der Waals surface area contributed by atoms with Gasteiger partial charge in [0, 0.05) is 56.8 Å². The van der Waals surface area contributed by atoms with Crippen molar-refractivity contribution < 1.29 is 49.8 Å². The maximum atomic E-state index is 13.4. The number of ether oxygens (including phenoxy) is 1. The highest BCUT2D eigenvalue weighted by Gasteiger charge is 2.38. The summed E-state index contributed by atoms with van der Waals surface area (Å²) in [6.07, 6.45) is 4.73. The molecule has 1 aliphatic rings. The average molecular weight is 914 g/mol. The standard InChI is InChI=1S/C22H28N4O6.C18H15Br2NO4/c27-11-9-23-5-7-25-13-1-2-14(26-8-6-24-10-12-28)18-17(13)21(31)19-15(29)3-4-16(30)20(19)22(18)32;1-25-16(10-11-2-4-13(22)5-3-11)18(24)21-7-6-12-8-14(19)17(23)15(20)9-12/h1-4,23-30H,5-12H2;2-10,22-23H,1H3,(H,21,24)/b;7-6+,16-10-. The fraction of sp³-hybridized carbons (Fsp3) is 0.225. The van der Waals surface area contributed by atoms with E-state index >= 15 is 0 Å². The second-order valence-corrected chi connectivity index (χ2v) is 13.9. The van der Waals surface area contributed by atoms with Crippen molar-refractivity contribution in [3.63, 3.8) is 0 Å². The predicted molar refractivity (Wildman–Crippen MR) is 224 cm³/mol. The van der Waals surface area contributed by atoms with Gasteiger partial charge in [0.1, 0.15) is 23.0 Å². The number of anilines is 2. The van der Waals surface area contributed by atoms with E-state index in [4.69, 9.17) is 14.9 Å². The molecule has 0 spiro atoms. The molecule has 0 radical (unpaired) electrons. The zero-order valence-corrected chi connectivity index (χ0v) is 33.9. The number of hydrogen-bond acceptors (Lipinski definition) is 14. The first-order valence-corrected chi connectivity index (χ1v) is 19.1. The smallest absolute Gasteiger partial charge is 0.290 e. The quantitative estimate of drug-likeness (QED) is 0.0271. The summed E-state index contributed by atoms with van der Waals surface area (Å²) >= 11 is 6.49. The lowest BCUT2D eigenvalue weighted by molar-refractivity contribution is -0.119. The number of phenols is 4. The highest BCUT2D eigenvalue weighted by atomic mass is 79.9. The van der Waals surface area contributed by atoms with Crippen LogP contribution < -0.4 is 26.6 Å². The number of phenolic OH excluding ortho intramolecular Hbond substituents is 4. The highest BCUT2D eigenvalue weighted by molar-refractivity contribution is 9.11. The fourth-order valence-corrected chi connectivity index (χ4v) is 6.77.